The van der Waals surface area contributed by atoms with E-state index in [1.807, 2.05) is 36.1 Å². The lowest BCUT2D eigenvalue weighted by molar-refractivity contribution is 0.0688. The zero-order valence-electron chi connectivity index (χ0n) is 13.5. The van der Waals surface area contributed by atoms with Gasteiger partial charge < -0.3 is 14.9 Å². The molecule has 0 aliphatic carbocycles. The molecule has 0 unspecified atom stereocenters. The second-order valence-corrected chi connectivity index (χ2v) is 5.80. The molecule has 124 valence electrons. The van der Waals surface area contributed by atoms with Crippen molar-refractivity contribution in [2.45, 2.75) is 6.92 Å². The molecule has 24 heavy (non-hydrogen) atoms. The van der Waals surface area contributed by atoms with Gasteiger partial charge in [0.1, 0.15) is 5.69 Å². The molecule has 0 radical (unpaired) electrons. The van der Waals surface area contributed by atoms with Gasteiger partial charge in [-0.2, -0.15) is 0 Å². The van der Waals surface area contributed by atoms with Crippen LogP contribution in [0.1, 0.15) is 26.4 Å². The predicted octanol–water partition coefficient (Wildman–Crippen LogP) is 2.05. The molecule has 1 aliphatic heterocycles. The summed E-state index contributed by atoms with van der Waals surface area (Å²) in [5.41, 5.74) is 2.65. The van der Waals surface area contributed by atoms with Gasteiger partial charge in [-0.3, -0.25) is 4.79 Å². The van der Waals surface area contributed by atoms with Crippen LogP contribution in [0.4, 0.5) is 5.69 Å². The molecule has 2 aromatic rings. The number of hydrogen-bond donors (Lipinski definition) is 1. The molecule has 1 amide bonds. The first kappa shape index (κ1) is 16.0. The first-order valence-corrected chi connectivity index (χ1v) is 7.85. The van der Waals surface area contributed by atoms with Crippen LogP contribution in [-0.2, 0) is 0 Å². The van der Waals surface area contributed by atoms with E-state index in [1.54, 1.807) is 12.3 Å². The third kappa shape index (κ3) is 3.22. The topological polar surface area (TPSA) is 73.7 Å². The van der Waals surface area contributed by atoms with E-state index in [-0.39, 0.29) is 11.6 Å². The number of hydrogen-bond acceptors (Lipinski definition) is 4. The number of carboxylic acids is 1. The molecule has 0 atom stereocenters. The highest BCUT2D eigenvalue weighted by Crippen LogP contribution is 2.18. The lowest BCUT2D eigenvalue weighted by Gasteiger charge is -2.36. The second-order valence-electron chi connectivity index (χ2n) is 5.80. The van der Waals surface area contributed by atoms with Crippen LogP contribution < -0.4 is 4.90 Å². The Balaban J connectivity index is 1.64. The summed E-state index contributed by atoms with van der Waals surface area (Å²) in [6, 6.07) is 10.9. The first-order valence-electron chi connectivity index (χ1n) is 7.85. The fraction of sp³-hybridized carbons (Fsp3) is 0.278. The normalized spacial score (nSPS) is 14.5. The van der Waals surface area contributed by atoms with Crippen LogP contribution in [0, 0.1) is 6.92 Å². The fourth-order valence-electron chi connectivity index (χ4n) is 2.85. The zero-order valence-corrected chi connectivity index (χ0v) is 13.5. The second kappa shape index (κ2) is 6.70. The average Bonchev–Trinajstić information content (AvgIpc) is 2.62. The van der Waals surface area contributed by atoms with E-state index in [1.165, 1.54) is 6.07 Å². The number of nitrogens with zero attached hydrogens (tertiary/aromatic N) is 3. The summed E-state index contributed by atoms with van der Waals surface area (Å²) in [7, 11) is 0. The number of piperazine rings is 1. The largest absolute Gasteiger partial charge is 0.477 e. The Labute approximate surface area is 140 Å². The predicted molar refractivity (Wildman–Crippen MR) is 90.5 cm³/mol. The molecule has 1 saturated heterocycles. The van der Waals surface area contributed by atoms with Crippen molar-refractivity contribution in [1.82, 2.24) is 9.88 Å². The van der Waals surface area contributed by atoms with Gasteiger partial charge in [0.25, 0.3) is 5.91 Å². The van der Waals surface area contributed by atoms with Gasteiger partial charge in [-0.1, -0.05) is 18.2 Å². The number of carbonyl (C=O) groups excluding carboxylic acids is 1. The lowest BCUT2D eigenvalue weighted by Crippen LogP contribution is -2.49. The molecule has 1 aliphatic rings. The number of aromatic carboxylic acids is 1. The SMILES string of the molecule is Cc1ccccc1C(=O)N1CCN(c2ccc(C(=O)O)nc2)CC1. The Bertz CT molecular complexity index is 750. The molecule has 1 aromatic heterocycles. The number of aryl methyl sites for hydroxylation is 1. The summed E-state index contributed by atoms with van der Waals surface area (Å²) in [5.74, 6) is -0.970. The summed E-state index contributed by atoms with van der Waals surface area (Å²) in [6.07, 6.45) is 1.57. The number of anilines is 1. The summed E-state index contributed by atoms with van der Waals surface area (Å²) < 4.78 is 0. The third-order valence-corrected chi connectivity index (χ3v) is 4.27. The summed E-state index contributed by atoms with van der Waals surface area (Å²) in [5, 5.41) is 8.89. The van der Waals surface area contributed by atoms with Gasteiger partial charge in [0.2, 0.25) is 0 Å². The van der Waals surface area contributed by atoms with Gasteiger partial charge in [0, 0.05) is 31.7 Å². The lowest BCUT2D eigenvalue weighted by atomic mass is 10.1. The Morgan fingerprint density at radius 1 is 1.04 bits per heavy atom. The highest BCUT2D eigenvalue weighted by molar-refractivity contribution is 5.95. The van der Waals surface area contributed by atoms with Crippen molar-refractivity contribution in [3.05, 3.63) is 59.4 Å². The van der Waals surface area contributed by atoms with Crippen LogP contribution in [-0.4, -0.2) is 53.0 Å². The van der Waals surface area contributed by atoms with Crippen molar-refractivity contribution < 1.29 is 14.7 Å². The molecule has 0 bridgehead atoms. The van der Waals surface area contributed by atoms with Gasteiger partial charge in [-0.15, -0.1) is 0 Å². The van der Waals surface area contributed by atoms with Crippen molar-refractivity contribution >= 4 is 17.6 Å². The molecule has 1 fully saturated rings. The highest BCUT2D eigenvalue weighted by atomic mass is 16.4. The number of amides is 1. The highest BCUT2D eigenvalue weighted by Gasteiger charge is 2.23. The average molecular weight is 325 g/mol. The van der Waals surface area contributed by atoms with Gasteiger partial charge in [0.05, 0.1) is 11.9 Å². The van der Waals surface area contributed by atoms with Gasteiger partial charge in [-0.05, 0) is 30.7 Å². The summed E-state index contributed by atoms with van der Waals surface area (Å²) in [4.78, 5) is 31.4. The number of aromatic nitrogens is 1. The minimum atomic E-state index is -1.03. The van der Waals surface area contributed by atoms with E-state index in [0.29, 0.717) is 26.2 Å². The van der Waals surface area contributed by atoms with Crippen LogP contribution in [0.15, 0.2) is 42.6 Å². The maximum absolute atomic E-state index is 12.6. The van der Waals surface area contributed by atoms with Crippen molar-refractivity contribution in [3.63, 3.8) is 0 Å². The van der Waals surface area contributed by atoms with Crippen molar-refractivity contribution in [2.24, 2.45) is 0 Å². The van der Waals surface area contributed by atoms with Gasteiger partial charge in [0.15, 0.2) is 0 Å². The smallest absolute Gasteiger partial charge is 0.354 e. The molecule has 0 saturated carbocycles. The Morgan fingerprint density at radius 2 is 1.75 bits per heavy atom. The zero-order chi connectivity index (χ0) is 17.1. The number of carbonyl (C=O) groups is 2. The minimum Gasteiger partial charge on any atom is -0.477 e. The maximum atomic E-state index is 12.6. The molecule has 6 nitrogen and oxygen atoms in total. The van der Waals surface area contributed by atoms with Crippen LogP contribution in [0.2, 0.25) is 0 Å². The molecular weight excluding hydrogens is 306 g/mol. The van der Waals surface area contributed by atoms with Crippen LogP contribution in [0.3, 0.4) is 0 Å². The maximum Gasteiger partial charge on any atom is 0.354 e. The van der Waals surface area contributed by atoms with Crippen molar-refractivity contribution in [3.8, 4) is 0 Å². The van der Waals surface area contributed by atoms with Crippen LogP contribution >= 0.6 is 0 Å². The quantitative estimate of drug-likeness (QED) is 0.935. The Morgan fingerprint density at radius 3 is 2.33 bits per heavy atom. The van der Waals surface area contributed by atoms with E-state index in [0.717, 1.165) is 16.8 Å². The molecule has 3 rings (SSSR count). The fourth-order valence-corrected chi connectivity index (χ4v) is 2.85. The minimum absolute atomic E-state index is 0.0344. The molecule has 1 N–H and O–H groups in total. The number of benzene rings is 1. The summed E-state index contributed by atoms with van der Waals surface area (Å²) in [6.45, 7) is 4.61. The monoisotopic (exact) mass is 325 g/mol. The summed E-state index contributed by atoms with van der Waals surface area (Å²) >= 11 is 0. The van der Waals surface area contributed by atoms with Crippen LogP contribution in [0.5, 0.6) is 0 Å². The molecule has 6 heteroatoms. The van der Waals surface area contributed by atoms with Crippen molar-refractivity contribution in [2.75, 3.05) is 31.1 Å². The van der Waals surface area contributed by atoms with E-state index < -0.39 is 5.97 Å². The standard InChI is InChI=1S/C18H19N3O3/c1-13-4-2-3-5-15(13)17(22)21-10-8-20(9-11-21)14-6-7-16(18(23)24)19-12-14/h2-7,12H,8-11H2,1H3,(H,23,24). The molecule has 2 heterocycles. The molecular formula is C18H19N3O3. The Hall–Kier alpha value is -2.89. The van der Waals surface area contributed by atoms with Crippen molar-refractivity contribution in [1.29, 1.82) is 0 Å². The molecule has 1 aromatic carbocycles. The Kier molecular flexibility index (Phi) is 4.46. The number of carboxylic acid groups (broad SMARTS) is 1. The number of rotatable bonds is 3. The van der Waals surface area contributed by atoms with Gasteiger partial charge in [-0.25, -0.2) is 9.78 Å². The molecule has 0 spiro atoms. The van der Waals surface area contributed by atoms with E-state index in [4.69, 9.17) is 5.11 Å². The van der Waals surface area contributed by atoms with Crippen LogP contribution in [0.25, 0.3) is 0 Å². The van der Waals surface area contributed by atoms with E-state index in [2.05, 4.69) is 9.88 Å². The first-order chi connectivity index (χ1) is 11.6. The number of pyridine rings is 1. The van der Waals surface area contributed by atoms with E-state index >= 15 is 0 Å². The van der Waals surface area contributed by atoms with Gasteiger partial charge >= 0.3 is 5.97 Å². The third-order valence-electron chi connectivity index (χ3n) is 4.27. The van der Waals surface area contributed by atoms with E-state index in [9.17, 15) is 9.59 Å².